The first-order valence-corrected chi connectivity index (χ1v) is 9.00. The van der Waals surface area contributed by atoms with Gasteiger partial charge in [0.2, 0.25) is 0 Å². The van der Waals surface area contributed by atoms with E-state index in [1.54, 1.807) is 11.3 Å². The number of aryl methyl sites for hydroxylation is 1. The standard InChI is InChI=1S/C20H20N2O2S/c1-3-21-19(23)13-24-16-8-5-15(6-9-16)7-11-20-22-17-12-14(2)4-10-18(17)25-20/h4-12H,3,13H2,1-2H3,(H,21,23)/b11-7+. The minimum Gasteiger partial charge on any atom is -0.484 e. The molecule has 25 heavy (non-hydrogen) atoms. The predicted molar refractivity (Wildman–Crippen MR) is 104 cm³/mol. The van der Waals surface area contributed by atoms with Crippen LogP contribution in [0, 0.1) is 6.92 Å². The third-order valence-electron chi connectivity index (χ3n) is 3.60. The number of hydrogen-bond donors (Lipinski definition) is 1. The van der Waals surface area contributed by atoms with Crippen molar-refractivity contribution in [2.45, 2.75) is 13.8 Å². The van der Waals surface area contributed by atoms with Crippen molar-refractivity contribution in [3.05, 3.63) is 58.6 Å². The molecule has 1 N–H and O–H groups in total. The highest BCUT2D eigenvalue weighted by Gasteiger charge is 2.02. The Morgan fingerprint density at radius 1 is 1.20 bits per heavy atom. The summed E-state index contributed by atoms with van der Waals surface area (Å²) in [7, 11) is 0. The number of rotatable bonds is 6. The van der Waals surface area contributed by atoms with Gasteiger partial charge in [0.15, 0.2) is 6.61 Å². The molecule has 2 aromatic carbocycles. The number of thiazole rings is 1. The fourth-order valence-electron chi connectivity index (χ4n) is 2.37. The van der Waals surface area contributed by atoms with Crippen LogP contribution in [-0.4, -0.2) is 24.0 Å². The zero-order valence-electron chi connectivity index (χ0n) is 14.3. The topological polar surface area (TPSA) is 51.2 Å². The van der Waals surface area contributed by atoms with Crippen LogP contribution in [0.2, 0.25) is 0 Å². The average molecular weight is 352 g/mol. The van der Waals surface area contributed by atoms with Crippen LogP contribution in [0.15, 0.2) is 42.5 Å². The van der Waals surface area contributed by atoms with Crippen molar-refractivity contribution in [1.82, 2.24) is 10.3 Å². The van der Waals surface area contributed by atoms with Gasteiger partial charge in [0.1, 0.15) is 10.8 Å². The van der Waals surface area contributed by atoms with Crippen LogP contribution in [0.1, 0.15) is 23.1 Å². The smallest absolute Gasteiger partial charge is 0.257 e. The van der Waals surface area contributed by atoms with Crippen LogP contribution in [0.4, 0.5) is 0 Å². The molecule has 0 aliphatic heterocycles. The lowest BCUT2D eigenvalue weighted by Crippen LogP contribution is -2.28. The summed E-state index contributed by atoms with van der Waals surface area (Å²) >= 11 is 1.68. The Bertz CT molecular complexity index is 898. The van der Waals surface area contributed by atoms with Crippen molar-refractivity contribution in [3.63, 3.8) is 0 Å². The van der Waals surface area contributed by atoms with Crippen LogP contribution in [-0.2, 0) is 4.79 Å². The van der Waals surface area contributed by atoms with Gasteiger partial charge < -0.3 is 10.1 Å². The molecule has 0 unspecified atom stereocenters. The Morgan fingerprint density at radius 3 is 2.76 bits per heavy atom. The van der Waals surface area contributed by atoms with Gasteiger partial charge in [-0.3, -0.25) is 4.79 Å². The van der Waals surface area contributed by atoms with Crippen LogP contribution < -0.4 is 10.1 Å². The molecule has 0 bridgehead atoms. The van der Waals surface area contributed by atoms with E-state index in [4.69, 9.17) is 4.74 Å². The fraction of sp³-hybridized carbons (Fsp3) is 0.200. The van der Waals surface area contributed by atoms with Gasteiger partial charge in [0, 0.05) is 6.54 Å². The average Bonchev–Trinajstić information content (AvgIpc) is 3.01. The lowest BCUT2D eigenvalue weighted by atomic mass is 10.2. The molecule has 1 amide bonds. The number of carbonyl (C=O) groups excluding carboxylic acids is 1. The summed E-state index contributed by atoms with van der Waals surface area (Å²) in [5.41, 5.74) is 3.32. The quantitative estimate of drug-likeness (QED) is 0.720. The van der Waals surface area contributed by atoms with E-state index < -0.39 is 0 Å². The number of likely N-dealkylation sites (N-methyl/N-ethyl adjacent to an activating group) is 1. The Hall–Kier alpha value is -2.66. The van der Waals surface area contributed by atoms with Crippen LogP contribution in [0.25, 0.3) is 22.4 Å². The third-order valence-corrected chi connectivity index (χ3v) is 4.60. The maximum Gasteiger partial charge on any atom is 0.257 e. The third kappa shape index (κ3) is 4.67. The number of benzene rings is 2. The molecule has 0 spiro atoms. The summed E-state index contributed by atoms with van der Waals surface area (Å²) in [6.45, 7) is 4.60. The molecule has 0 fully saturated rings. The van der Waals surface area contributed by atoms with Gasteiger partial charge in [-0.25, -0.2) is 4.98 Å². The predicted octanol–water partition coefficient (Wildman–Crippen LogP) is 4.29. The minimum atomic E-state index is -0.113. The van der Waals surface area contributed by atoms with E-state index in [9.17, 15) is 4.79 Å². The molecule has 0 saturated heterocycles. The maximum atomic E-state index is 11.4. The first-order valence-electron chi connectivity index (χ1n) is 8.19. The van der Waals surface area contributed by atoms with Gasteiger partial charge in [-0.05, 0) is 55.3 Å². The van der Waals surface area contributed by atoms with E-state index in [2.05, 4.69) is 35.4 Å². The second-order valence-electron chi connectivity index (χ2n) is 5.67. The molecule has 1 aromatic heterocycles. The molecule has 128 valence electrons. The molecule has 3 aromatic rings. The molecule has 3 rings (SSSR count). The van der Waals surface area contributed by atoms with Crippen molar-refractivity contribution in [2.75, 3.05) is 13.2 Å². The van der Waals surface area contributed by atoms with E-state index in [1.165, 1.54) is 10.3 Å². The van der Waals surface area contributed by atoms with Crippen LogP contribution in [0.5, 0.6) is 5.75 Å². The Kier molecular flexibility index (Phi) is 5.46. The number of amides is 1. The summed E-state index contributed by atoms with van der Waals surface area (Å²) in [6, 6.07) is 14.0. The minimum absolute atomic E-state index is 0.0359. The summed E-state index contributed by atoms with van der Waals surface area (Å²) in [6.07, 6.45) is 4.04. The number of hydrogen-bond acceptors (Lipinski definition) is 4. The van der Waals surface area contributed by atoms with E-state index in [0.29, 0.717) is 12.3 Å². The van der Waals surface area contributed by atoms with E-state index in [-0.39, 0.29) is 12.5 Å². The first kappa shape index (κ1) is 17.2. The lowest BCUT2D eigenvalue weighted by Gasteiger charge is -2.06. The number of aromatic nitrogens is 1. The summed E-state index contributed by atoms with van der Waals surface area (Å²) in [5, 5.41) is 3.68. The fourth-order valence-corrected chi connectivity index (χ4v) is 3.22. The summed E-state index contributed by atoms with van der Waals surface area (Å²) < 4.78 is 6.64. The number of fused-ring (bicyclic) bond motifs is 1. The van der Waals surface area contributed by atoms with Crippen LogP contribution in [0.3, 0.4) is 0 Å². The van der Waals surface area contributed by atoms with E-state index >= 15 is 0 Å². The second kappa shape index (κ2) is 7.94. The van der Waals surface area contributed by atoms with Crippen molar-refractivity contribution >= 4 is 39.6 Å². The number of ether oxygens (including phenoxy) is 1. The van der Waals surface area contributed by atoms with Gasteiger partial charge >= 0.3 is 0 Å². The number of carbonyl (C=O) groups is 1. The Morgan fingerprint density at radius 2 is 2.00 bits per heavy atom. The highest BCUT2D eigenvalue weighted by Crippen LogP contribution is 2.24. The lowest BCUT2D eigenvalue weighted by molar-refractivity contribution is -0.122. The van der Waals surface area contributed by atoms with Gasteiger partial charge in [-0.15, -0.1) is 11.3 Å². The number of nitrogens with one attached hydrogen (secondary N) is 1. The van der Waals surface area contributed by atoms with Gasteiger partial charge in [0.05, 0.1) is 10.2 Å². The monoisotopic (exact) mass is 352 g/mol. The molecular weight excluding hydrogens is 332 g/mol. The molecule has 0 aliphatic carbocycles. The van der Waals surface area contributed by atoms with Crippen molar-refractivity contribution < 1.29 is 9.53 Å². The Balaban J connectivity index is 1.63. The Labute approximate surface area is 151 Å². The van der Waals surface area contributed by atoms with E-state index in [1.807, 2.05) is 43.3 Å². The highest BCUT2D eigenvalue weighted by atomic mass is 32.1. The summed E-state index contributed by atoms with van der Waals surface area (Å²) in [4.78, 5) is 16.0. The maximum absolute atomic E-state index is 11.4. The molecular formula is C20H20N2O2S. The largest absolute Gasteiger partial charge is 0.484 e. The normalized spacial score (nSPS) is 11.1. The van der Waals surface area contributed by atoms with Crippen LogP contribution >= 0.6 is 11.3 Å². The van der Waals surface area contributed by atoms with Crippen molar-refractivity contribution in [3.8, 4) is 5.75 Å². The second-order valence-corrected chi connectivity index (χ2v) is 6.73. The summed E-state index contributed by atoms with van der Waals surface area (Å²) in [5.74, 6) is 0.566. The van der Waals surface area contributed by atoms with Gasteiger partial charge in [-0.1, -0.05) is 24.3 Å². The van der Waals surface area contributed by atoms with Gasteiger partial charge in [0.25, 0.3) is 5.91 Å². The molecule has 4 nitrogen and oxygen atoms in total. The molecule has 5 heteroatoms. The van der Waals surface area contributed by atoms with Crippen molar-refractivity contribution in [1.29, 1.82) is 0 Å². The molecule has 0 radical (unpaired) electrons. The van der Waals surface area contributed by atoms with E-state index in [0.717, 1.165) is 16.1 Å². The molecule has 1 heterocycles. The first-order chi connectivity index (χ1) is 12.1. The number of nitrogens with zero attached hydrogens (tertiary/aromatic N) is 1. The van der Waals surface area contributed by atoms with Crippen molar-refractivity contribution in [2.24, 2.45) is 0 Å². The van der Waals surface area contributed by atoms with Gasteiger partial charge in [-0.2, -0.15) is 0 Å². The molecule has 0 saturated carbocycles. The SMILES string of the molecule is CCNC(=O)COc1ccc(/C=C/c2nc3cc(C)ccc3s2)cc1. The molecule has 0 aliphatic rings. The highest BCUT2D eigenvalue weighted by molar-refractivity contribution is 7.19. The zero-order chi connectivity index (χ0) is 17.6. The zero-order valence-corrected chi connectivity index (χ0v) is 15.1. The molecule has 0 atom stereocenters.